The number of carbonyl (C=O) groups excluding carboxylic acids is 2. The van der Waals surface area contributed by atoms with E-state index in [-0.39, 0.29) is 34.6 Å². The van der Waals surface area contributed by atoms with E-state index in [1.807, 2.05) is 20.8 Å². The molecule has 2 fully saturated rings. The Morgan fingerprint density at radius 3 is 2.31 bits per heavy atom. The van der Waals surface area contributed by atoms with Gasteiger partial charge in [-0.05, 0) is 77.0 Å². The minimum Gasteiger partial charge on any atom is -0.508 e. The van der Waals surface area contributed by atoms with Gasteiger partial charge in [0.1, 0.15) is 11.8 Å². The molecule has 2 aliphatic rings. The lowest BCUT2D eigenvalue weighted by atomic mass is 9.68. The van der Waals surface area contributed by atoms with Crippen molar-refractivity contribution < 1.29 is 24.6 Å². The normalized spacial score (nSPS) is 27.7. The zero-order chi connectivity index (χ0) is 26.3. The van der Waals surface area contributed by atoms with Crippen LogP contribution in [0.2, 0.25) is 0 Å². The van der Waals surface area contributed by atoms with Crippen molar-refractivity contribution in [3.8, 4) is 5.75 Å². The maximum Gasteiger partial charge on any atom is 0.311 e. The van der Waals surface area contributed by atoms with Crippen molar-refractivity contribution >= 4 is 17.8 Å². The van der Waals surface area contributed by atoms with Crippen molar-refractivity contribution in [3.05, 3.63) is 29.3 Å². The summed E-state index contributed by atoms with van der Waals surface area (Å²) in [5, 5.41) is 26.7. The number of hydrogen-bond acceptors (Lipinski definition) is 5. The number of carboxylic acid groups (broad SMARTS) is 1. The third kappa shape index (κ3) is 5.80. The fourth-order valence-electron chi connectivity index (χ4n) is 5.56. The monoisotopic (exact) mass is 487 g/mol. The van der Waals surface area contributed by atoms with E-state index in [0.29, 0.717) is 36.9 Å². The number of carbonyl (C=O) groups is 3. The van der Waals surface area contributed by atoms with Gasteiger partial charge >= 0.3 is 5.97 Å². The molecule has 8 nitrogen and oxygen atoms in total. The lowest BCUT2D eigenvalue weighted by Crippen LogP contribution is -2.59. The molecular formula is C27H41N3O5. The largest absolute Gasteiger partial charge is 0.508 e. The third-order valence-electron chi connectivity index (χ3n) is 7.31. The molecule has 1 aliphatic carbocycles. The van der Waals surface area contributed by atoms with Crippen LogP contribution in [-0.4, -0.2) is 63.1 Å². The van der Waals surface area contributed by atoms with E-state index in [1.165, 1.54) is 6.07 Å². The van der Waals surface area contributed by atoms with Gasteiger partial charge < -0.3 is 25.7 Å². The summed E-state index contributed by atoms with van der Waals surface area (Å²) in [6.07, 6.45) is 2.25. The Kier molecular flexibility index (Phi) is 7.29. The van der Waals surface area contributed by atoms with Gasteiger partial charge in [0, 0.05) is 35.3 Å². The predicted molar refractivity (Wildman–Crippen MR) is 134 cm³/mol. The molecule has 35 heavy (non-hydrogen) atoms. The van der Waals surface area contributed by atoms with Crippen molar-refractivity contribution in [2.24, 2.45) is 5.41 Å². The number of hydrogen-bond donors (Lipinski definition) is 4. The molecule has 3 rings (SSSR count). The molecule has 1 saturated carbocycles. The molecule has 1 unspecified atom stereocenters. The molecule has 1 aromatic rings. The number of rotatable bonds is 5. The number of nitrogens with one attached hydrogen (secondary N) is 2. The van der Waals surface area contributed by atoms with E-state index < -0.39 is 23.5 Å². The maximum atomic E-state index is 13.3. The number of phenols is 1. The van der Waals surface area contributed by atoms with Gasteiger partial charge in [-0.3, -0.25) is 14.4 Å². The number of phenolic OH excluding ortho intramolecular Hbond substituents is 1. The lowest BCUT2D eigenvalue weighted by molar-refractivity contribution is -0.158. The Labute approximate surface area is 208 Å². The number of likely N-dealkylation sites (tertiary alicyclic amines) is 1. The van der Waals surface area contributed by atoms with E-state index in [1.54, 1.807) is 24.0 Å². The van der Waals surface area contributed by atoms with E-state index in [4.69, 9.17) is 0 Å². The van der Waals surface area contributed by atoms with Crippen molar-refractivity contribution in [3.63, 3.8) is 0 Å². The zero-order valence-corrected chi connectivity index (χ0v) is 22.1. The topological polar surface area (TPSA) is 119 Å². The van der Waals surface area contributed by atoms with Crippen LogP contribution in [0.5, 0.6) is 5.75 Å². The zero-order valence-electron chi connectivity index (χ0n) is 22.1. The van der Waals surface area contributed by atoms with Crippen molar-refractivity contribution in [1.29, 1.82) is 0 Å². The highest BCUT2D eigenvalue weighted by atomic mass is 16.4. The maximum absolute atomic E-state index is 13.3. The molecule has 0 spiro atoms. The van der Waals surface area contributed by atoms with Crippen LogP contribution < -0.4 is 10.6 Å². The van der Waals surface area contributed by atoms with Gasteiger partial charge in [-0.25, -0.2) is 0 Å². The molecular weight excluding hydrogens is 446 g/mol. The molecule has 4 N–H and O–H groups in total. The van der Waals surface area contributed by atoms with Crippen LogP contribution in [0.15, 0.2) is 18.2 Å². The summed E-state index contributed by atoms with van der Waals surface area (Å²) in [5.41, 5.74) is -0.515. The Bertz CT molecular complexity index is 994. The average molecular weight is 488 g/mol. The molecule has 1 heterocycles. The second-order valence-electron chi connectivity index (χ2n) is 12.4. The van der Waals surface area contributed by atoms with Crippen LogP contribution in [0.4, 0.5) is 0 Å². The molecule has 8 heteroatoms. The quantitative estimate of drug-likeness (QED) is 0.505. The van der Waals surface area contributed by atoms with Gasteiger partial charge in [0.25, 0.3) is 5.91 Å². The van der Waals surface area contributed by atoms with Gasteiger partial charge in [0.05, 0.1) is 5.41 Å². The average Bonchev–Trinajstić information content (AvgIpc) is 3.06. The highest BCUT2D eigenvalue weighted by molar-refractivity contribution is 5.98. The van der Waals surface area contributed by atoms with Crippen LogP contribution in [0.25, 0.3) is 0 Å². The smallest absolute Gasteiger partial charge is 0.311 e. The van der Waals surface area contributed by atoms with E-state index >= 15 is 0 Å². The Morgan fingerprint density at radius 2 is 1.74 bits per heavy atom. The van der Waals surface area contributed by atoms with Crippen molar-refractivity contribution in [2.45, 2.75) is 103 Å². The Hall–Kier alpha value is -2.61. The minimum atomic E-state index is -1.08. The number of carboxylic acids is 1. The van der Waals surface area contributed by atoms with Crippen molar-refractivity contribution in [2.75, 3.05) is 6.54 Å². The van der Waals surface area contributed by atoms with Crippen LogP contribution in [0.3, 0.4) is 0 Å². The number of amides is 2. The number of aromatic hydroxyl groups is 1. The fraction of sp³-hybridized carbons (Fsp3) is 0.667. The molecule has 1 aromatic carbocycles. The van der Waals surface area contributed by atoms with Gasteiger partial charge in [-0.15, -0.1) is 0 Å². The Balaban J connectivity index is 1.73. The molecule has 4 atom stereocenters. The summed E-state index contributed by atoms with van der Waals surface area (Å²) < 4.78 is 0. The molecule has 1 saturated heterocycles. The minimum absolute atomic E-state index is 0.0621. The second kappa shape index (κ2) is 9.45. The summed E-state index contributed by atoms with van der Waals surface area (Å²) in [6, 6.07) is 3.65. The highest BCUT2D eigenvalue weighted by Gasteiger charge is 2.52. The van der Waals surface area contributed by atoms with Crippen LogP contribution in [0, 0.1) is 5.41 Å². The molecule has 0 bridgehead atoms. The van der Waals surface area contributed by atoms with Crippen molar-refractivity contribution in [1.82, 2.24) is 15.5 Å². The SMILES string of the molecule is CC(C)(C)N[C@@H]1CC[C@H](N2CCC(NC(=O)c3ccc(O)c(C(C)(C)C)c3)C2=O)[C@](C)(C(=O)O)C1. The molecule has 2 amide bonds. The van der Waals surface area contributed by atoms with E-state index in [2.05, 4.69) is 31.4 Å². The molecule has 0 aromatic heterocycles. The third-order valence-corrected chi connectivity index (χ3v) is 7.31. The number of nitrogens with zero attached hydrogens (tertiary/aromatic N) is 1. The first-order valence-electron chi connectivity index (χ1n) is 12.5. The highest BCUT2D eigenvalue weighted by Crippen LogP contribution is 2.41. The summed E-state index contributed by atoms with van der Waals surface area (Å²) in [7, 11) is 0. The van der Waals surface area contributed by atoms with Crippen LogP contribution in [0.1, 0.15) is 90.1 Å². The van der Waals surface area contributed by atoms with Gasteiger partial charge in [0.2, 0.25) is 5.91 Å². The lowest BCUT2D eigenvalue weighted by Gasteiger charge is -2.47. The first-order valence-corrected chi connectivity index (χ1v) is 12.5. The fourth-order valence-corrected chi connectivity index (χ4v) is 5.56. The number of aliphatic carboxylic acids is 1. The summed E-state index contributed by atoms with van der Waals surface area (Å²) in [4.78, 5) is 40.4. The van der Waals surface area contributed by atoms with E-state index in [9.17, 15) is 24.6 Å². The predicted octanol–water partition coefficient (Wildman–Crippen LogP) is 3.42. The summed E-state index contributed by atoms with van der Waals surface area (Å²) in [5.74, 6) is -1.38. The van der Waals surface area contributed by atoms with Crippen LogP contribution in [-0.2, 0) is 15.0 Å². The summed E-state index contributed by atoms with van der Waals surface area (Å²) >= 11 is 0. The van der Waals surface area contributed by atoms with Gasteiger partial charge in [0.15, 0.2) is 0 Å². The van der Waals surface area contributed by atoms with Crippen LogP contribution >= 0.6 is 0 Å². The first kappa shape index (κ1) is 27.0. The van der Waals surface area contributed by atoms with E-state index in [0.717, 1.165) is 6.42 Å². The number of benzene rings is 1. The summed E-state index contributed by atoms with van der Waals surface area (Å²) in [6.45, 7) is 14.2. The second-order valence-corrected chi connectivity index (χ2v) is 12.4. The molecule has 0 radical (unpaired) electrons. The standard InChI is InChI=1S/C27H41N3O5/c1-25(2,3)18-14-16(8-10-20(18)31)22(32)28-19-12-13-30(23(19)33)21-11-9-17(29-26(4,5)6)15-27(21,7)24(34)35/h8,10,14,17,19,21,29,31H,9,11-13,15H2,1-7H3,(H,28,32)(H,34,35)/t17-,19?,21+,27-/m1/s1. The van der Waals surface area contributed by atoms with Gasteiger partial charge in [-0.2, -0.15) is 0 Å². The van der Waals surface area contributed by atoms with Gasteiger partial charge in [-0.1, -0.05) is 20.8 Å². The first-order chi connectivity index (χ1) is 16.0. The molecule has 1 aliphatic heterocycles. The Morgan fingerprint density at radius 1 is 1.09 bits per heavy atom. The molecule has 194 valence electrons.